The zero-order valence-electron chi connectivity index (χ0n) is 19.6. The summed E-state index contributed by atoms with van der Waals surface area (Å²) in [7, 11) is 0. The Labute approximate surface area is 205 Å². The molecule has 2 aromatic carbocycles. The van der Waals surface area contributed by atoms with E-state index in [1.165, 1.54) is 0 Å². The number of fused-ring (bicyclic) bond motifs is 3. The molecular weight excluding hydrogens is 444 g/mol. The molecule has 0 bridgehead atoms. The van der Waals surface area contributed by atoms with Crippen molar-refractivity contribution in [3.05, 3.63) is 59.7 Å². The fraction of sp³-hybridized carbons (Fsp3) is 0.393. The van der Waals surface area contributed by atoms with Gasteiger partial charge in [-0.1, -0.05) is 55.0 Å². The lowest BCUT2D eigenvalue weighted by atomic mass is 9.98. The summed E-state index contributed by atoms with van der Waals surface area (Å²) in [5.41, 5.74) is 4.42. The number of carbonyl (C=O) groups is 3. The van der Waals surface area contributed by atoms with Crippen molar-refractivity contribution in [2.75, 3.05) is 19.7 Å². The van der Waals surface area contributed by atoms with Crippen LogP contribution in [0.4, 0.5) is 4.79 Å². The first-order valence-corrected chi connectivity index (χ1v) is 12.1. The van der Waals surface area contributed by atoms with Crippen LogP contribution in [0.5, 0.6) is 0 Å². The molecule has 1 aliphatic carbocycles. The molecule has 35 heavy (non-hydrogen) atoms. The predicted molar refractivity (Wildman–Crippen MR) is 132 cm³/mol. The van der Waals surface area contributed by atoms with Crippen LogP contribution in [0.3, 0.4) is 0 Å². The number of likely N-dealkylation sites (tertiary alicyclic amines) is 1. The molecule has 2 N–H and O–H groups in total. The molecule has 1 saturated heterocycles. The molecule has 1 heterocycles. The third-order valence-corrected chi connectivity index (χ3v) is 6.80. The van der Waals surface area contributed by atoms with Gasteiger partial charge in [0.05, 0.1) is 0 Å². The number of benzene rings is 2. The Balaban J connectivity index is 1.43. The van der Waals surface area contributed by atoms with Crippen molar-refractivity contribution in [2.24, 2.45) is 5.92 Å². The number of carbonyl (C=O) groups excluding carboxylic acids is 2. The molecule has 0 aromatic heterocycles. The largest absolute Gasteiger partial charge is 0.481 e. The number of ether oxygens (including phenoxy) is 1. The first-order valence-electron chi connectivity index (χ1n) is 12.1. The van der Waals surface area contributed by atoms with Gasteiger partial charge >= 0.3 is 12.1 Å². The second kappa shape index (κ2) is 11.1. The number of rotatable bonds is 7. The van der Waals surface area contributed by atoms with Crippen LogP contribution in [-0.4, -0.2) is 53.7 Å². The van der Waals surface area contributed by atoms with Crippen LogP contribution in [0.15, 0.2) is 48.5 Å². The maximum Gasteiger partial charge on any atom is 0.407 e. The lowest BCUT2D eigenvalue weighted by molar-refractivity contribution is -0.138. The maximum atomic E-state index is 13.2. The van der Waals surface area contributed by atoms with Crippen molar-refractivity contribution < 1.29 is 24.2 Å². The summed E-state index contributed by atoms with van der Waals surface area (Å²) >= 11 is 0. The summed E-state index contributed by atoms with van der Waals surface area (Å²) in [5.74, 6) is 1.22. The van der Waals surface area contributed by atoms with Gasteiger partial charge in [-0.15, -0.1) is 12.3 Å². The van der Waals surface area contributed by atoms with Crippen molar-refractivity contribution in [2.45, 2.75) is 44.1 Å². The van der Waals surface area contributed by atoms with Gasteiger partial charge in [0.1, 0.15) is 12.6 Å². The third kappa shape index (κ3) is 5.65. The molecule has 0 saturated carbocycles. The minimum absolute atomic E-state index is 0.0183. The molecule has 1 fully saturated rings. The van der Waals surface area contributed by atoms with E-state index in [0.717, 1.165) is 41.5 Å². The lowest BCUT2D eigenvalue weighted by Gasteiger charge is -2.27. The number of nitrogens with one attached hydrogen (secondary N) is 1. The highest BCUT2D eigenvalue weighted by Crippen LogP contribution is 2.44. The highest BCUT2D eigenvalue weighted by atomic mass is 16.5. The van der Waals surface area contributed by atoms with Gasteiger partial charge in [0.25, 0.3) is 0 Å². The van der Waals surface area contributed by atoms with Crippen molar-refractivity contribution >= 4 is 18.0 Å². The molecule has 4 rings (SSSR count). The Morgan fingerprint density at radius 1 is 1.09 bits per heavy atom. The summed E-state index contributed by atoms with van der Waals surface area (Å²) in [6.07, 6.45) is 7.20. The number of aliphatic carboxylic acids is 1. The van der Waals surface area contributed by atoms with E-state index >= 15 is 0 Å². The van der Waals surface area contributed by atoms with E-state index in [9.17, 15) is 14.4 Å². The molecule has 7 nitrogen and oxygen atoms in total. The molecule has 1 aliphatic heterocycles. The Bertz CT molecular complexity index is 1090. The van der Waals surface area contributed by atoms with Crippen molar-refractivity contribution in [3.63, 3.8) is 0 Å². The minimum Gasteiger partial charge on any atom is -0.481 e. The number of carboxylic acid groups (broad SMARTS) is 1. The van der Waals surface area contributed by atoms with Gasteiger partial charge in [-0.25, -0.2) is 4.79 Å². The van der Waals surface area contributed by atoms with Gasteiger partial charge in [0, 0.05) is 31.3 Å². The van der Waals surface area contributed by atoms with Crippen LogP contribution in [0.25, 0.3) is 11.1 Å². The van der Waals surface area contributed by atoms with Crippen LogP contribution in [0.1, 0.15) is 49.1 Å². The summed E-state index contributed by atoms with van der Waals surface area (Å²) in [4.78, 5) is 38.8. The number of amides is 2. The minimum atomic E-state index is -1.03. The number of terminal acetylenes is 1. The van der Waals surface area contributed by atoms with E-state index < -0.39 is 18.1 Å². The average molecular weight is 475 g/mol. The zero-order valence-corrected chi connectivity index (χ0v) is 19.6. The van der Waals surface area contributed by atoms with Crippen molar-refractivity contribution in [3.8, 4) is 23.5 Å². The molecule has 7 heteroatoms. The van der Waals surface area contributed by atoms with E-state index in [1.54, 1.807) is 4.90 Å². The van der Waals surface area contributed by atoms with Crippen LogP contribution in [0.2, 0.25) is 0 Å². The van der Waals surface area contributed by atoms with Gasteiger partial charge in [0.15, 0.2) is 0 Å². The van der Waals surface area contributed by atoms with Gasteiger partial charge in [-0.2, -0.15) is 0 Å². The van der Waals surface area contributed by atoms with Gasteiger partial charge in [-0.05, 0) is 41.5 Å². The summed E-state index contributed by atoms with van der Waals surface area (Å²) in [6.45, 7) is 1.06. The van der Waals surface area contributed by atoms with Crippen molar-refractivity contribution in [1.29, 1.82) is 0 Å². The number of hydrogen-bond donors (Lipinski definition) is 2. The zero-order chi connectivity index (χ0) is 24.8. The fourth-order valence-electron chi connectivity index (χ4n) is 5.01. The van der Waals surface area contributed by atoms with Crippen LogP contribution in [-0.2, 0) is 14.3 Å². The van der Waals surface area contributed by atoms with Crippen molar-refractivity contribution in [1.82, 2.24) is 10.2 Å². The van der Waals surface area contributed by atoms with Crippen LogP contribution in [0, 0.1) is 18.3 Å². The topological polar surface area (TPSA) is 95.9 Å². The molecule has 2 aliphatic rings. The number of carboxylic acids is 1. The molecule has 2 aromatic rings. The highest BCUT2D eigenvalue weighted by Gasteiger charge is 2.32. The quantitative estimate of drug-likeness (QED) is 0.591. The van der Waals surface area contributed by atoms with Gasteiger partial charge < -0.3 is 20.1 Å². The first kappa shape index (κ1) is 24.3. The lowest BCUT2D eigenvalue weighted by Crippen LogP contribution is -2.50. The molecule has 2 atom stereocenters. The maximum absolute atomic E-state index is 13.2. The smallest absolute Gasteiger partial charge is 0.407 e. The van der Waals surface area contributed by atoms with E-state index in [-0.39, 0.29) is 37.2 Å². The molecule has 0 radical (unpaired) electrons. The van der Waals surface area contributed by atoms with E-state index in [4.69, 9.17) is 16.3 Å². The summed E-state index contributed by atoms with van der Waals surface area (Å²) < 4.78 is 5.58. The normalized spacial score (nSPS) is 17.9. The number of alkyl carbamates (subject to hydrolysis) is 1. The Morgan fingerprint density at radius 3 is 2.37 bits per heavy atom. The molecule has 2 unspecified atom stereocenters. The second-order valence-electron chi connectivity index (χ2n) is 9.10. The first-order chi connectivity index (χ1) is 17.0. The molecule has 2 amide bonds. The fourth-order valence-corrected chi connectivity index (χ4v) is 5.01. The summed E-state index contributed by atoms with van der Waals surface area (Å²) in [5, 5.41) is 11.8. The third-order valence-electron chi connectivity index (χ3n) is 6.80. The second-order valence-corrected chi connectivity index (χ2v) is 9.10. The number of nitrogens with zero attached hydrogens (tertiary/aromatic N) is 1. The molecular formula is C28H30N2O5. The number of hydrogen-bond acceptors (Lipinski definition) is 4. The summed E-state index contributed by atoms with van der Waals surface area (Å²) in [6, 6.07) is 15.1. The van der Waals surface area contributed by atoms with E-state index in [0.29, 0.717) is 13.1 Å². The molecule has 182 valence electrons. The van der Waals surface area contributed by atoms with Gasteiger partial charge in [-0.3, -0.25) is 9.59 Å². The van der Waals surface area contributed by atoms with E-state index in [2.05, 4.69) is 23.4 Å². The van der Waals surface area contributed by atoms with Crippen LogP contribution >= 0.6 is 0 Å². The van der Waals surface area contributed by atoms with Gasteiger partial charge in [0.2, 0.25) is 5.91 Å². The predicted octanol–water partition coefficient (Wildman–Crippen LogP) is 4.02. The SMILES string of the molecule is C#CC1CCCCN(C(=O)C(CCC(=O)O)NC(=O)OCC2c3ccccc3-c3ccccc32)C1. The monoisotopic (exact) mass is 474 g/mol. The Kier molecular flexibility index (Phi) is 7.71. The van der Waals surface area contributed by atoms with E-state index in [1.807, 2.05) is 36.4 Å². The molecule has 0 spiro atoms. The Hall–Kier alpha value is -3.79. The van der Waals surface area contributed by atoms with Crippen LogP contribution < -0.4 is 5.32 Å². The Morgan fingerprint density at radius 2 is 1.74 bits per heavy atom. The highest BCUT2D eigenvalue weighted by molar-refractivity contribution is 5.86. The standard InChI is InChI=1S/C28H30N2O5/c1-2-19-9-7-8-16-30(17-19)27(33)25(14-15-26(31)32)29-28(34)35-18-24-22-12-5-3-10-20(22)21-11-4-6-13-23(21)24/h1,3-6,10-13,19,24-25H,7-9,14-18H2,(H,29,34)(H,31,32). The average Bonchev–Trinajstić information content (AvgIpc) is 3.00.